The zero-order chi connectivity index (χ0) is 12.8. The van der Waals surface area contributed by atoms with Crippen LogP contribution in [0.25, 0.3) is 0 Å². The standard InChI is InChI=1S/C12H19N3O3/c1-2-3-4-10(16)7-15-5-6-17-8-11(15)12-13-9-14-18-12/h2,9-11,16H,1,3-8H2. The maximum atomic E-state index is 9.95. The van der Waals surface area contributed by atoms with Crippen LogP contribution in [0, 0.1) is 0 Å². The first kappa shape index (κ1) is 13.2. The molecular formula is C12H19N3O3. The van der Waals surface area contributed by atoms with Crippen molar-refractivity contribution in [2.75, 3.05) is 26.3 Å². The second-order valence-electron chi connectivity index (χ2n) is 4.39. The Kier molecular flexibility index (Phi) is 4.86. The second-order valence-corrected chi connectivity index (χ2v) is 4.39. The Morgan fingerprint density at radius 3 is 3.28 bits per heavy atom. The Hall–Kier alpha value is -1.24. The number of aromatic nitrogens is 2. The molecule has 1 aromatic heterocycles. The fraction of sp³-hybridized carbons (Fsp3) is 0.667. The fourth-order valence-electron chi connectivity index (χ4n) is 2.08. The third-order valence-corrected chi connectivity index (χ3v) is 3.05. The third-order valence-electron chi connectivity index (χ3n) is 3.05. The molecule has 0 amide bonds. The highest BCUT2D eigenvalue weighted by Gasteiger charge is 2.29. The van der Waals surface area contributed by atoms with Gasteiger partial charge in [-0.05, 0) is 12.8 Å². The van der Waals surface area contributed by atoms with Crippen LogP contribution in [0.5, 0.6) is 0 Å². The van der Waals surface area contributed by atoms with Gasteiger partial charge in [-0.2, -0.15) is 4.98 Å². The molecule has 2 unspecified atom stereocenters. The van der Waals surface area contributed by atoms with Crippen molar-refractivity contribution in [1.82, 2.24) is 15.0 Å². The zero-order valence-corrected chi connectivity index (χ0v) is 10.4. The van der Waals surface area contributed by atoms with E-state index in [2.05, 4.69) is 21.6 Å². The van der Waals surface area contributed by atoms with Gasteiger partial charge in [-0.1, -0.05) is 11.2 Å². The summed E-state index contributed by atoms with van der Waals surface area (Å²) in [6.45, 7) is 6.20. The lowest BCUT2D eigenvalue weighted by Gasteiger charge is -2.34. The smallest absolute Gasteiger partial charge is 0.246 e. The van der Waals surface area contributed by atoms with Gasteiger partial charge >= 0.3 is 0 Å². The van der Waals surface area contributed by atoms with E-state index in [1.54, 1.807) is 0 Å². The molecule has 1 aliphatic heterocycles. The first-order valence-corrected chi connectivity index (χ1v) is 6.18. The van der Waals surface area contributed by atoms with Gasteiger partial charge < -0.3 is 14.4 Å². The van der Waals surface area contributed by atoms with E-state index >= 15 is 0 Å². The van der Waals surface area contributed by atoms with Crippen molar-refractivity contribution in [3.05, 3.63) is 24.9 Å². The third kappa shape index (κ3) is 3.38. The Morgan fingerprint density at radius 2 is 2.56 bits per heavy atom. The van der Waals surface area contributed by atoms with Crippen LogP contribution in [-0.4, -0.2) is 52.6 Å². The van der Waals surface area contributed by atoms with Gasteiger partial charge in [0.25, 0.3) is 0 Å². The molecule has 0 aliphatic carbocycles. The molecule has 18 heavy (non-hydrogen) atoms. The second kappa shape index (κ2) is 6.63. The van der Waals surface area contributed by atoms with Gasteiger partial charge in [0.2, 0.25) is 5.89 Å². The van der Waals surface area contributed by atoms with E-state index in [9.17, 15) is 5.11 Å². The average Bonchev–Trinajstić information content (AvgIpc) is 2.91. The molecular weight excluding hydrogens is 234 g/mol. The van der Waals surface area contributed by atoms with Crippen LogP contribution in [0.2, 0.25) is 0 Å². The number of hydrogen-bond donors (Lipinski definition) is 1. The lowest BCUT2D eigenvalue weighted by atomic mass is 10.1. The maximum Gasteiger partial charge on any atom is 0.246 e. The summed E-state index contributed by atoms with van der Waals surface area (Å²) < 4.78 is 10.5. The molecule has 0 saturated carbocycles. The minimum absolute atomic E-state index is 0.0559. The van der Waals surface area contributed by atoms with E-state index in [-0.39, 0.29) is 12.1 Å². The van der Waals surface area contributed by atoms with Crippen LogP contribution >= 0.6 is 0 Å². The zero-order valence-electron chi connectivity index (χ0n) is 10.4. The van der Waals surface area contributed by atoms with Crippen LogP contribution < -0.4 is 0 Å². The summed E-state index contributed by atoms with van der Waals surface area (Å²) in [5.41, 5.74) is 0. The number of β-amino-alcohol motifs (C(OH)–C–C–N with tert-alkyl or cyclic N) is 1. The van der Waals surface area contributed by atoms with Crippen molar-refractivity contribution in [2.24, 2.45) is 0 Å². The molecule has 6 nitrogen and oxygen atoms in total. The van der Waals surface area contributed by atoms with Gasteiger partial charge in [0.05, 0.1) is 19.3 Å². The van der Waals surface area contributed by atoms with Crippen molar-refractivity contribution in [1.29, 1.82) is 0 Å². The van der Waals surface area contributed by atoms with Gasteiger partial charge in [0, 0.05) is 13.1 Å². The highest BCUT2D eigenvalue weighted by atomic mass is 16.5. The summed E-state index contributed by atoms with van der Waals surface area (Å²) in [6, 6.07) is -0.0559. The first-order chi connectivity index (χ1) is 8.81. The predicted octanol–water partition coefficient (Wildman–Crippen LogP) is 0.770. The number of rotatable bonds is 6. The quantitative estimate of drug-likeness (QED) is 0.755. The highest BCUT2D eigenvalue weighted by Crippen LogP contribution is 2.22. The van der Waals surface area contributed by atoms with Crippen molar-refractivity contribution >= 4 is 0 Å². The summed E-state index contributed by atoms with van der Waals surface area (Å²) >= 11 is 0. The average molecular weight is 253 g/mol. The SMILES string of the molecule is C=CCCC(O)CN1CCOCC1c1ncno1. The summed E-state index contributed by atoms with van der Waals surface area (Å²) in [7, 11) is 0. The monoisotopic (exact) mass is 253 g/mol. The molecule has 1 N–H and O–H groups in total. The maximum absolute atomic E-state index is 9.95. The molecule has 100 valence electrons. The number of ether oxygens (including phenoxy) is 1. The van der Waals surface area contributed by atoms with E-state index < -0.39 is 0 Å². The number of aliphatic hydroxyl groups is 1. The van der Waals surface area contributed by atoms with E-state index in [0.29, 0.717) is 25.6 Å². The number of allylic oxidation sites excluding steroid dienone is 1. The van der Waals surface area contributed by atoms with E-state index in [1.165, 1.54) is 6.33 Å². The van der Waals surface area contributed by atoms with Crippen molar-refractivity contribution < 1.29 is 14.4 Å². The highest BCUT2D eigenvalue weighted by molar-refractivity contribution is 4.91. The van der Waals surface area contributed by atoms with E-state index in [1.807, 2.05) is 6.08 Å². The Balaban J connectivity index is 1.93. The molecule has 0 spiro atoms. The number of aliphatic hydroxyl groups excluding tert-OH is 1. The normalized spacial score (nSPS) is 22.8. The minimum atomic E-state index is -0.369. The number of morpholine rings is 1. The molecule has 1 fully saturated rings. The topological polar surface area (TPSA) is 71.6 Å². The van der Waals surface area contributed by atoms with Crippen LogP contribution in [0.4, 0.5) is 0 Å². The Morgan fingerprint density at radius 1 is 1.67 bits per heavy atom. The molecule has 6 heteroatoms. The molecule has 1 aromatic rings. The van der Waals surface area contributed by atoms with Crippen LogP contribution in [0.1, 0.15) is 24.8 Å². The molecule has 0 radical (unpaired) electrons. The minimum Gasteiger partial charge on any atom is -0.392 e. The molecule has 1 aliphatic rings. The van der Waals surface area contributed by atoms with Crippen LogP contribution in [0.15, 0.2) is 23.5 Å². The molecule has 2 heterocycles. The van der Waals surface area contributed by atoms with Gasteiger partial charge in [0.1, 0.15) is 6.04 Å². The molecule has 0 bridgehead atoms. The van der Waals surface area contributed by atoms with Crippen molar-refractivity contribution in [3.63, 3.8) is 0 Å². The lowest BCUT2D eigenvalue weighted by molar-refractivity contribution is -0.0381. The summed E-state index contributed by atoms with van der Waals surface area (Å²) in [5, 5.41) is 13.6. The van der Waals surface area contributed by atoms with Gasteiger partial charge in [-0.3, -0.25) is 4.90 Å². The number of nitrogens with zero attached hydrogens (tertiary/aromatic N) is 3. The summed E-state index contributed by atoms with van der Waals surface area (Å²) in [6.07, 6.45) is 4.37. The Bertz CT molecular complexity index is 355. The van der Waals surface area contributed by atoms with Gasteiger partial charge in [0.15, 0.2) is 6.33 Å². The first-order valence-electron chi connectivity index (χ1n) is 6.18. The summed E-state index contributed by atoms with van der Waals surface area (Å²) in [5.74, 6) is 0.547. The van der Waals surface area contributed by atoms with Crippen LogP contribution in [0.3, 0.4) is 0 Å². The molecule has 2 atom stereocenters. The van der Waals surface area contributed by atoms with Gasteiger partial charge in [-0.15, -0.1) is 6.58 Å². The van der Waals surface area contributed by atoms with Crippen LogP contribution in [-0.2, 0) is 4.74 Å². The summed E-state index contributed by atoms with van der Waals surface area (Å²) in [4.78, 5) is 6.19. The fourth-order valence-corrected chi connectivity index (χ4v) is 2.08. The van der Waals surface area contributed by atoms with E-state index in [0.717, 1.165) is 19.4 Å². The van der Waals surface area contributed by atoms with Crippen molar-refractivity contribution in [2.45, 2.75) is 25.0 Å². The molecule has 2 rings (SSSR count). The largest absolute Gasteiger partial charge is 0.392 e. The number of hydrogen-bond acceptors (Lipinski definition) is 6. The lowest BCUT2D eigenvalue weighted by Crippen LogP contribution is -2.43. The molecule has 1 saturated heterocycles. The predicted molar refractivity (Wildman–Crippen MR) is 64.9 cm³/mol. The van der Waals surface area contributed by atoms with Crippen molar-refractivity contribution in [3.8, 4) is 0 Å². The van der Waals surface area contributed by atoms with Gasteiger partial charge in [-0.25, -0.2) is 0 Å². The Labute approximate surface area is 106 Å². The van der Waals surface area contributed by atoms with E-state index in [4.69, 9.17) is 9.26 Å². The molecule has 0 aromatic carbocycles.